The second kappa shape index (κ2) is 8.28. The predicted octanol–water partition coefficient (Wildman–Crippen LogP) is 2.85. The minimum absolute atomic E-state index is 0.598. The summed E-state index contributed by atoms with van der Waals surface area (Å²) >= 11 is 0. The Morgan fingerprint density at radius 2 is 1.89 bits per heavy atom. The van der Waals surface area contributed by atoms with Crippen molar-refractivity contribution in [2.24, 2.45) is 5.92 Å². The smallest absolute Gasteiger partial charge is 0.0541 e. The molecule has 1 heterocycles. The summed E-state index contributed by atoms with van der Waals surface area (Å²) in [6.45, 7) is 8.51. The molecule has 1 rings (SSSR count). The summed E-state index contributed by atoms with van der Waals surface area (Å²) in [5.41, 5.74) is 2.33. The maximum atomic E-state index is 4.43. The van der Waals surface area contributed by atoms with Gasteiger partial charge in [0.25, 0.3) is 0 Å². The molecule has 0 aliphatic carbocycles. The number of aryl methyl sites for hydroxylation is 1. The van der Waals surface area contributed by atoms with Gasteiger partial charge < -0.3 is 10.2 Å². The second-order valence-corrected chi connectivity index (χ2v) is 5.57. The van der Waals surface area contributed by atoms with Crippen LogP contribution < -0.4 is 5.32 Å². The Balaban J connectivity index is 2.46. The molecule has 1 aromatic heterocycles. The number of aromatic nitrogens is 1. The van der Waals surface area contributed by atoms with E-state index in [0.717, 1.165) is 24.7 Å². The molecule has 0 aliphatic rings. The summed E-state index contributed by atoms with van der Waals surface area (Å²) < 4.78 is 0. The topological polar surface area (TPSA) is 28.2 Å². The Labute approximate surface area is 118 Å². The van der Waals surface area contributed by atoms with Crippen LogP contribution in [0.5, 0.6) is 0 Å². The quantitative estimate of drug-likeness (QED) is 0.781. The van der Waals surface area contributed by atoms with Crippen molar-refractivity contribution in [1.29, 1.82) is 0 Å². The lowest BCUT2D eigenvalue weighted by Crippen LogP contribution is -2.42. The molecule has 0 amide bonds. The van der Waals surface area contributed by atoms with E-state index in [-0.39, 0.29) is 0 Å². The molecule has 0 radical (unpaired) electrons. The number of pyridine rings is 1. The molecule has 0 saturated heterocycles. The van der Waals surface area contributed by atoms with Crippen LogP contribution in [0.2, 0.25) is 0 Å². The van der Waals surface area contributed by atoms with Crippen LogP contribution in [0.15, 0.2) is 18.3 Å². The van der Waals surface area contributed by atoms with Gasteiger partial charge in [-0.05, 0) is 38.6 Å². The third-order valence-corrected chi connectivity index (χ3v) is 3.89. The molecular weight excluding hydrogens is 234 g/mol. The van der Waals surface area contributed by atoms with Crippen LogP contribution >= 0.6 is 0 Å². The van der Waals surface area contributed by atoms with E-state index in [2.05, 4.69) is 62.2 Å². The molecular formula is C16H29N3. The second-order valence-electron chi connectivity index (χ2n) is 5.57. The van der Waals surface area contributed by atoms with E-state index in [1.165, 1.54) is 18.4 Å². The van der Waals surface area contributed by atoms with Gasteiger partial charge in [-0.1, -0.05) is 32.8 Å². The lowest BCUT2D eigenvalue weighted by atomic mass is 9.93. The van der Waals surface area contributed by atoms with Crippen molar-refractivity contribution in [2.75, 3.05) is 20.6 Å². The Hall–Kier alpha value is -0.930. The fourth-order valence-electron chi connectivity index (χ4n) is 2.55. The van der Waals surface area contributed by atoms with Gasteiger partial charge in [0.05, 0.1) is 5.69 Å². The van der Waals surface area contributed by atoms with E-state index in [1.807, 2.05) is 6.20 Å². The Bertz CT molecular complexity index is 342. The van der Waals surface area contributed by atoms with Crippen molar-refractivity contribution in [2.45, 2.75) is 46.2 Å². The van der Waals surface area contributed by atoms with Gasteiger partial charge in [0.2, 0.25) is 0 Å². The highest BCUT2D eigenvalue weighted by atomic mass is 15.1. The minimum Gasteiger partial charge on any atom is -0.310 e. The Morgan fingerprint density at radius 3 is 2.37 bits per heavy atom. The molecule has 3 nitrogen and oxygen atoms in total. The Kier molecular flexibility index (Phi) is 7.03. The highest BCUT2D eigenvalue weighted by Gasteiger charge is 2.19. The number of nitrogens with one attached hydrogen (secondary N) is 1. The fourth-order valence-corrected chi connectivity index (χ4v) is 2.55. The third kappa shape index (κ3) is 5.29. The number of hydrogen-bond acceptors (Lipinski definition) is 3. The normalized spacial score (nSPS) is 13.2. The van der Waals surface area contributed by atoms with Gasteiger partial charge in [-0.15, -0.1) is 0 Å². The van der Waals surface area contributed by atoms with Crippen LogP contribution in [0, 0.1) is 12.8 Å². The maximum Gasteiger partial charge on any atom is 0.0541 e. The molecule has 0 spiro atoms. The zero-order valence-electron chi connectivity index (χ0n) is 13.1. The molecule has 108 valence electrons. The lowest BCUT2D eigenvalue weighted by Gasteiger charge is -2.31. The van der Waals surface area contributed by atoms with Gasteiger partial charge in [-0.25, -0.2) is 0 Å². The number of likely N-dealkylation sites (N-methyl/N-ethyl adjacent to an activating group) is 1. The summed E-state index contributed by atoms with van der Waals surface area (Å²) in [7, 11) is 4.35. The largest absolute Gasteiger partial charge is 0.310 e. The van der Waals surface area contributed by atoms with Crippen molar-refractivity contribution >= 4 is 0 Å². The fraction of sp³-hybridized carbons (Fsp3) is 0.688. The predicted molar refractivity (Wildman–Crippen MR) is 82.2 cm³/mol. The number of hydrogen-bond donors (Lipinski definition) is 1. The van der Waals surface area contributed by atoms with Crippen molar-refractivity contribution < 1.29 is 0 Å². The Morgan fingerprint density at radius 1 is 1.21 bits per heavy atom. The standard InChI is InChI=1S/C16H29N3/c1-6-14(7-2)16(19(4)5)12-17-11-15-9-8-13(3)10-18-15/h8-10,14,16-17H,6-7,11-12H2,1-5H3. The molecule has 0 aromatic carbocycles. The van der Waals surface area contributed by atoms with Crippen LogP contribution in [-0.2, 0) is 6.54 Å². The maximum absolute atomic E-state index is 4.43. The van der Waals surface area contributed by atoms with Crippen molar-refractivity contribution in [3.8, 4) is 0 Å². The molecule has 19 heavy (non-hydrogen) atoms. The van der Waals surface area contributed by atoms with Crippen molar-refractivity contribution in [3.05, 3.63) is 29.6 Å². The number of nitrogens with zero attached hydrogens (tertiary/aromatic N) is 2. The first-order valence-electron chi connectivity index (χ1n) is 7.37. The number of rotatable bonds is 8. The first-order chi connectivity index (χ1) is 9.08. The molecule has 0 fully saturated rings. The average molecular weight is 263 g/mol. The first-order valence-corrected chi connectivity index (χ1v) is 7.37. The van der Waals surface area contributed by atoms with Crippen LogP contribution in [0.25, 0.3) is 0 Å². The zero-order chi connectivity index (χ0) is 14.3. The van der Waals surface area contributed by atoms with Gasteiger partial charge >= 0.3 is 0 Å². The van der Waals surface area contributed by atoms with Crippen molar-refractivity contribution in [1.82, 2.24) is 15.2 Å². The summed E-state index contributed by atoms with van der Waals surface area (Å²) in [5, 5.41) is 3.55. The molecule has 0 saturated carbocycles. The summed E-state index contributed by atoms with van der Waals surface area (Å²) in [6.07, 6.45) is 4.41. The highest BCUT2D eigenvalue weighted by Crippen LogP contribution is 2.16. The van der Waals surface area contributed by atoms with E-state index in [9.17, 15) is 0 Å². The molecule has 0 bridgehead atoms. The van der Waals surface area contributed by atoms with Gasteiger partial charge in [0.15, 0.2) is 0 Å². The molecule has 0 aliphatic heterocycles. The van der Waals surface area contributed by atoms with E-state index >= 15 is 0 Å². The summed E-state index contributed by atoms with van der Waals surface area (Å²) in [4.78, 5) is 6.77. The monoisotopic (exact) mass is 263 g/mol. The van der Waals surface area contributed by atoms with Crippen molar-refractivity contribution in [3.63, 3.8) is 0 Å². The first kappa shape index (κ1) is 16.1. The third-order valence-electron chi connectivity index (χ3n) is 3.89. The van der Waals surface area contributed by atoms with Crippen LogP contribution in [0.1, 0.15) is 37.9 Å². The zero-order valence-corrected chi connectivity index (χ0v) is 13.1. The van der Waals surface area contributed by atoms with Gasteiger partial charge in [-0.2, -0.15) is 0 Å². The SMILES string of the molecule is CCC(CC)C(CNCc1ccc(C)cn1)N(C)C. The molecule has 3 heteroatoms. The molecule has 1 N–H and O–H groups in total. The highest BCUT2D eigenvalue weighted by molar-refractivity contribution is 5.11. The van der Waals surface area contributed by atoms with Gasteiger partial charge in [0.1, 0.15) is 0 Å². The lowest BCUT2D eigenvalue weighted by molar-refractivity contribution is 0.193. The van der Waals surface area contributed by atoms with Crippen LogP contribution in [-0.4, -0.2) is 36.6 Å². The van der Waals surface area contributed by atoms with Crippen LogP contribution in [0.4, 0.5) is 0 Å². The van der Waals surface area contributed by atoms with E-state index in [4.69, 9.17) is 0 Å². The molecule has 1 unspecified atom stereocenters. The van der Waals surface area contributed by atoms with E-state index < -0.39 is 0 Å². The minimum atomic E-state index is 0.598. The molecule has 1 atom stereocenters. The van der Waals surface area contributed by atoms with Gasteiger partial charge in [-0.3, -0.25) is 4.98 Å². The van der Waals surface area contributed by atoms with E-state index in [0.29, 0.717) is 6.04 Å². The summed E-state index contributed by atoms with van der Waals surface area (Å²) in [6, 6.07) is 4.82. The van der Waals surface area contributed by atoms with Gasteiger partial charge in [0, 0.05) is 25.3 Å². The average Bonchev–Trinajstić information content (AvgIpc) is 2.40. The molecule has 1 aromatic rings. The summed E-state index contributed by atoms with van der Waals surface area (Å²) in [5.74, 6) is 0.758. The van der Waals surface area contributed by atoms with Crippen LogP contribution in [0.3, 0.4) is 0 Å². The van der Waals surface area contributed by atoms with E-state index in [1.54, 1.807) is 0 Å².